The summed E-state index contributed by atoms with van der Waals surface area (Å²) in [5.41, 5.74) is 0.995. The summed E-state index contributed by atoms with van der Waals surface area (Å²) in [7, 11) is -3.57. The molecule has 1 aliphatic rings. The number of hydrogen-bond acceptors (Lipinski definition) is 4. The molecule has 2 aromatic carbocycles. The lowest BCUT2D eigenvalue weighted by Gasteiger charge is -2.31. The van der Waals surface area contributed by atoms with Gasteiger partial charge in [-0.3, -0.25) is 4.79 Å². The Morgan fingerprint density at radius 3 is 2.30 bits per heavy atom. The second kappa shape index (κ2) is 9.81. The van der Waals surface area contributed by atoms with Crippen molar-refractivity contribution in [2.45, 2.75) is 37.6 Å². The van der Waals surface area contributed by atoms with Crippen molar-refractivity contribution >= 4 is 27.5 Å². The van der Waals surface area contributed by atoms with Crippen LogP contribution in [0.4, 0.5) is 0 Å². The predicted octanol–water partition coefficient (Wildman–Crippen LogP) is 4.02. The van der Waals surface area contributed by atoms with E-state index in [0.717, 1.165) is 11.3 Å². The smallest absolute Gasteiger partial charge is 0.243 e. The largest absolute Gasteiger partial charge is 0.494 e. The van der Waals surface area contributed by atoms with Crippen molar-refractivity contribution < 1.29 is 17.9 Å². The Labute approximate surface area is 183 Å². The van der Waals surface area contributed by atoms with Gasteiger partial charge in [-0.1, -0.05) is 23.7 Å². The molecule has 1 amide bonds. The monoisotopic (exact) mass is 450 g/mol. The number of carbonyl (C=O) groups excluding carboxylic acids is 1. The van der Waals surface area contributed by atoms with E-state index >= 15 is 0 Å². The summed E-state index contributed by atoms with van der Waals surface area (Å²) in [6.45, 7) is 5.12. The number of benzene rings is 2. The van der Waals surface area contributed by atoms with Crippen LogP contribution in [0.15, 0.2) is 53.4 Å². The molecule has 0 aromatic heterocycles. The second-order valence-electron chi connectivity index (χ2n) is 7.36. The van der Waals surface area contributed by atoms with E-state index in [9.17, 15) is 13.2 Å². The lowest BCUT2D eigenvalue weighted by Crippen LogP contribution is -2.43. The standard InChI is InChI=1S/C22H27ClN2O4S/c1-3-29-20-8-4-17(5-9-20)16(2)24-22(26)18-12-14-25(15-13-18)30(27,28)21-10-6-19(23)7-11-21/h4-11,16,18H,3,12-15H2,1-2H3,(H,24,26)/t16-/m1/s1. The summed E-state index contributed by atoms with van der Waals surface area (Å²) in [5, 5.41) is 3.54. The number of hydrogen-bond donors (Lipinski definition) is 1. The number of rotatable bonds is 7. The number of nitrogens with zero attached hydrogens (tertiary/aromatic N) is 1. The Balaban J connectivity index is 1.55. The Morgan fingerprint density at radius 2 is 1.73 bits per heavy atom. The van der Waals surface area contributed by atoms with Crippen molar-refractivity contribution in [3.05, 3.63) is 59.1 Å². The van der Waals surface area contributed by atoms with Crippen molar-refractivity contribution in [3.63, 3.8) is 0 Å². The zero-order valence-electron chi connectivity index (χ0n) is 17.2. The number of ether oxygens (including phenoxy) is 1. The zero-order valence-corrected chi connectivity index (χ0v) is 18.7. The third-order valence-corrected chi connectivity index (χ3v) is 7.49. The summed E-state index contributed by atoms with van der Waals surface area (Å²) >= 11 is 5.85. The van der Waals surface area contributed by atoms with Crippen LogP contribution in [-0.2, 0) is 14.8 Å². The third-order valence-electron chi connectivity index (χ3n) is 5.33. The minimum Gasteiger partial charge on any atom is -0.494 e. The highest BCUT2D eigenvalue weighted by Crippen LogP contribution is 2.26. The first-order valence-corrected chi connectivity index (χ1v) is 11.9. The van der Waals surface area contributed by atoms with Gasteiger partial charge in [-0.05, 0) is 68.7 Å². The Hall–Kier alpha value is -2.09. The van der Waals surface area contributed by atoms with Crippen LogP contribution in [-0.4, -0.2) is 38.3 Å². The van der Waals surface area contributed by atoms with E-state index in [1.807, 2.05) is 38.1 Å². The van der Waals surface area contributed by atoms with Crippen molar-refractivity contribution in [2.24, 2.45) is 5.92 Å². The van der Waals surface area contributed by atoms with E-state index < -0.39 is 10.0 Å². The van der Waals surface area contributed by atoms with Crippen LogP contribution in [0.3, 0.4) is 0 Å². The number of carbonyl (C=O) groups is 1. The normalized spacial score (nSPS) is 16.8. The molecule has 0 aliphatic carbocycles. The van der Waals surface area contributed by atoms with Crippen LogP contribution in [0, 0.1) is 5.92 Å². The second-order valence-corrected chi connectivity index (χ2v) is 9.74. The van der Waals surface area contributed by atoms with Crippen molar-refractivity contribution in [1.82, 2.24) is 9.62 Å². The Bertz CT molecular complexity index is 954. The highest BCUT2D eigenvalue weighted by Gasteiger charge is 2.32. The van der Waals surface area contributed by atoms with E-state index in [-0.39, 0.29) is 22.8 Å². The molecular formula is C22H27ClN2O4S. The number of amides is 1. The summed E-state index contributed by atoms with van der Waals surface area (Å²) < 4.78 is 32.5. The van der Waals surface area contributed by atoms with Gasteiger partial charge in [0, 0.05) is 24.0 Å². The molecule has 0 saturated carbocycles. The molecule has 8 heteroatoms. The molecule has 0 bridgehead atoms. The lowest BCUT2D eigenvalue weighted by molar-refractivity contribution is -0.126. The van der Waals surface area contributed by atoms with E-state index in [0.29, 0.717) is 37.6 Å². The van der Waals surface area contributed by atoms with Crippen LogP contribution < -0.4 is 10.1 Å². The molecule has 3 rings (SSSR count). The lowest BCUT2D eigenvalue weighted by atomic mass is 9.96. The minimum absolute atomic E-state index is 0.0417. The maximum atomic E-state index is 12.8. The minimum atomic E-state index is -3.57. The maximum Gasteiger partial charge on any atom is 0.243 e. The summed E-state index contributed by atoms with van der Waals surface area (Å²) in [6.07, 6.45) is 0.989. The van der Waals surface area contributed by atoms with Crippen molar-refractivity contribution in [3.8, 4) is 5.75 Å². The van der Waals surface area contributed by atoms with E-state index in [4.69, 9.17) is 16.3 Å². The quantitative estimate of drug-likeness (QED) is 0.691. The topological polar surface area (TPSA) is 75.7 Å². The maximum absolute atomic E-state index is 12.8. The molecule has 0 spiro atoms. The first kappa shape index (κ1) is 22.6. The molecular weight excluding hydrogens is 424 g/mol. The van der Waals surface area contributed by atoms with E-state index in [2.05, 4.69) is 5.32 Å². The molecule has 1 fully saturated rings. The Kier molecular flexibility index (Phi) is 7.39. The first-order chi connectivity index (χ1) is 14.3. The average molecular weight is 451 g/mol. The fraction of sp³-hybridized carbons (Fsp3) is 0.409. The molecule has 2 aromatic rings. The molecule has 1 N–H and O–H groups in total. The van der Waals surface area contributed by atoms with Gasteiger partial charge in [0.05, 0.1) is 17.5 Å². The van der Waals surface area contributed by atoms with Gasteiger partial charge in [0.1, 0.15) is 5.75 Å². The molecule has 6 nitrogen and oxygen atoms in total. The van der Waals surface area contributed by atoms with Gasteiger partial charge < -0.3 is 10.1 Å². The molecule has 1 atom stereocenters. The predicted molar refractivity (Wildman–Crippen MR) is 117 cm³/mol. The van der Waals surface area contributed by atoms with Gasteiger partial charge in [0.25, 0.3) is 0 Å². The van der Waals surface area contributed by atoms with Gasteiger partial charge >= 0.3 is 0 Å². The summed E-state index contributed by atoms with van der Waals surface area (Å²) in [4.78, 5) is 12.9. The van der Waals surface area contributed by atoms with Crippen molar-refractivity contribution in [2.75, 3.05) is 19.7 Å². The fourth-order valence-electron chi connectivity index (χ4n) is 3.55. The van der Waals surface area contributed by atoms with Gasteiger partial charge in [0.15, 0.2) is 0 Å². The number of halogens is 1. The molecule has 0 radical (unpaired) electrons. The molecule has 1 heterocycles. The summed E-state index contributed by atoms with van der Waals surface area (Å²) in [6, 6.07) is 13.7. The fourth-order valence-corrected chi connectivity index (χ4v) is 5.14. The van der Waals surface area contributed by atoms with Crippen LogP contribution in [0.1, 0.15) is 38.3 Å². The zero-order chi connectivity index (χ0) is 21.7. The van der Waals surface area contributed by atoms with E-state index in [1.54, 1.807) is 12.1 Å². The van der Waals surface area contributed by atoms with Crippen LogP contribution in [0.25, 0.3) is 0 Å². The highest BCUT2D eigenvalue weighted by molar-refractivity contribution is 7.89. The number of sulfonamides is 1. The van der Waals surface area contributed by atoms with Gasteiger partial charge in [-0.25, -0.2) is 8.42 Å². The Morgan fingerprint density at radius 1 is 1.13 bits per heavy atom. The van der Waals surface area contributed by atoms with Crippen LogP contribution in [0.2, 0.25) is 5.02 Å². The third kappa shape index (κ3) is 5.33. The number of nitrogens with one attached hydrogen (secondary N) is 1. The van der Waals surface area contributed by atoms with Gasteiger partial charge in [0.2, 0.25) is 15.9 Å². The van der Waals surface area contributed by atoms with Gasteiger partial charge in [-0.2, -0.15) is 4.31 Å². The molecule has 0 unspecified atom stereocenters. The SMILES string of the molecule is CCOc1ccc([C@@H](C)NC(=O)C2CCN(S(=O)(=O)c3ccc(Cl)cc3)CC2)cc1. The van der Waals surface area contributed by atoms with Crippen LogP contribution >= 0.6 is 11.6 Å². The van der Waals surface area contributed by atoms with Gasteiger partial charge in [-0.15, -0.1) is 0 Å². The summed E-state index contributed by atoms with van der Waals surface area (Å²) in [5.74, 6) is 0.556. The molecule has 30 heavy (non-hydrogen) atoms. The van der Waals surface area contributed by atoms with Crippen LogP contribution in [0.5, 0.6) is 5.75 Å². The molecule has 162 valence electrons. The number of piperidine rings is 1. The molecule has 1 saturated heterocycles. The van der Waals surface area contributed by atoms with Crippen molar-refractivity contribution in [1.29, 1.82) is 0 Å². The average Bonchev–Trinajstić information content (AvgIpc) is 2.75. The highest BCUT2D eigenvalue weighted by atomic mass is 35.5. The van der Waals surface area contributed by atoms with E-state index in [1.165, 1.54) is 16.4 Å². The first-order valence-electron chi connectivity index (χ1n) is 10.1. The molecule has 1 aliphatic heterocycles.